The molecular weight excluding hydrogens is 342 g/mol. The Kier molecular flexibility index (Phi) is 6.58. The number of carbonyl (C=O) groups excluding carboxylic acids is 1. The van der Waals surface area contributed by atoms with Crippen LogP contribution < -0.4 is 10.2 Å². The fourth-order valence-corrected chi connectivity index (χ4v) is 3.65. The average molecular weight is 370 g/mol. The monoisotopic (exact) mass is 369 g/mol. The smallest absolute Gasteiger partial charge is 0.230 e. The van der Waals surface area contributed by atoms with E-state index in [9.17, 15) is 4.79 Å². The zero-order valence-corrected chi connectivity index (χ0v) is 16.4. The van der Waals surface area contributed by atoms with Crippen LogP contribution in [0.4, 0.5) is 5.69 Å². The maximum Gasteiger partial charge on any atom is 0.230 e. The molecule has 1 N–H and O–H groups in total. The molecule has 0 spiro atoms. The number of thioether (sulfide) groups is 1. The molecule has 1 amide bonds. The second kappa shape index (κ2) is 9.10. The van der Waals surface area contributed by atoms with E-state index in [1.165, 1.54) is 11.3 Å². The summed E-state index contributed by atoms with van der Waals surface area (Å²) in [6.07, 6.45) is 0. The van der Waals surface area contributed by atoms with Crippen molar-refractivity contribution in [3.63, 3.8) is 0 Å². The summed E-state index contributed by atoms with van der Waals surface area (Å²) in [7, 11) is 2.17. The number of piperazine rings is 1. The normalized spacial score (nSPS) is 15.1. The highest BCUT2D eigenvalue weighted by molar-refractivity contribution is 8.00. The summed E-state index contributed by atoms with van der Waals surface area (Å²) in [6, 6.07) is 16.8. The molecule has 0 aliphatic carbocycles. The summed E-state index contributed by atoms with van der Waals surface area (Å²) >= 11 is 1.57. The number of hydrogen-bond acceptors (Lipinski definition) is 4. The molecule has 2 aromatic rings. The first-order valence-corrected chi connectivity index (χ1v) is 10.1. The van der Waals surface area contributed by atoms with E-state index in [1.807, 2.05) is 0 Å². The Hall–Kier alpha value is -1.98. The Labute approximate surface area is 160 Å². The minimum atomic E-state index is 0.0683. The summed E-state index contributed by atoms with van der Waals surface area (Å²) < 4.78 is 0. The number of aryl methyl sites for hydroxylation is 1. The van der Waals surface area contributed by atoms with Crippen LogP contribution in [0, 0.1) is 6.92 Å². The summed E-state index contributed by atoms with van der Waals surface area (Å²) in [5, 5.41) is 3.01. The first-order chi connectivity index (χ1) is 12.6. The average Bonchev–Trinajstić information content (AvgIpc) is 2.67. The molecule has 1 aliphatic rings. The lowest BCUT2D eigenvalue weighted by atomic mass is 10.2. The molecule has 3 rings (SSSR count). The lowest BCUT2D eigenvalue weighted by Gasteiger charge is -2.34. The van der Waals surface area contributed by atoms with Gasteiger partial charge in [-0.1, -0.05) is 29.8 Å². The van der Waals surface area contributed by atoms with Crippen molar-refractivity contribution >= 4 is 23.4 Å². The first kappa shape index (κ1) is 18.8. The molecule has 0 bridgehead atoms. The lowest BCUT2D eigenvalue weighted by molar-refractivity contribution is -0.118. The van der Waals surface area contributed by atoms with Crippen LogP contribution in [0.5, 0.6) is 0 Å². The molecule has 0 unspecified atom stereocenters. The zero-order valence-electron chi connectivity index (χ0n) is 15.6. The Morgan fingerprint density at radius 2 is 1.65 bits per heavy atom. The molecule has 4 nitrogen and oxygen atoms in total. The van der Waals surface area contributed by atoms with Crippen molar-refractivity contribution in [3.05, 3.63) is 59.7 Å². The maximum absolute atomic E-state index is 12.1. The molecule has 0 saturated carbocycles. The van der Waals surface area contributed by atoms with E-state index in [0.29, 0.717) is 12.3 Å². The van der Waals surface area contributed by atoms with Crippen LogP contribution in [0.15, 0.2) is 53.4 Å². The van der Waals surface area contributed by atoms with E-state index >= 15 is 0 Å². The minimum absolute atomic E-state index is 0.0683. The molecule has 1 aliphatic heterocycles. The van der Waals surface area contributed by atoms with Gasteiger partial charge in [-0.3, -0.25) is 4.79 Å². The second-order valence-electron chi connectivity index (χ2n) is 6.84. The van der Waals surface area contributed by atoms with Crippen molar-refractivity contribution in [2.24, 2.45) is 0 Å². The second-order valence-corrected chi connectivity index (χ2v) is 7.88. The Bertz CT molecular complexity index is 707. The summed E-state index contributed by atoms with van der Waals surface area (Å²) in [4.78, 5) is 18.0. The Balaban J connectivity index is 1.42. The number of nitrogens with zero attached hydrogens (tertiary/aromatic N) is 2. The van der Waals surface area contributed by atoms with Crippen LogP contribution in [0.1, 0.15) is 11.1 Å². The van der Waals surface area contributed by atoms with Crippen LogP contribution in [0.2, 0.25) is 0 Å². The van der Waals surface area contributed by atoms with Crippen molar-refractivity contribution in [1.82, 2.24) is 10.2 Å². The van der Waals surface area contributed by atoms with E-state index in [-0.39, 0.29) is 5.91 Å². The maximum atomic E-state index is 12.1. The third-order valence-corrected chi connectivity index (χ3v) is 5.70. The van der Waals surface area contributed by atoms with Gasteiger partial charge in [-0.25, -0.2) is 0 Å². The number of hydrogen-bond donors (Lipinski definition) is 1. The molecule has 0 radical (unpaired) electrons. The van der Waals surface area contributed by atoms with Crippen LogP contribution in [-0.4, -0.2) is 49.8 Å². The van der Waals surface area contributed by atoms with Crippen molar-refractivity contribution in [2.45, 2.75) is 18.4 Å². The van der Waals surface area contributed by atoms with E-state index in [1.54, 1.807) is 11.8 Å². The van der Waals surface area contributed by atoms with Gasteiger partial charge in [0.25, 0.3) is 0 Å². The fraction of sp³-hybridized carbons (Fsp3) is 0.381. The standard InChI is InChI=1S/C21H27N3OS/c1-17-3-9-20(10-4-17)26-16-21(25)22-15-18-5-7-19(8-6-18)24-13-11-23(2)12-14-24/h3-10H,11-16H2,1-2H3,(H,22,25). The van der Waals surface area contributed by atoms with Gasteiger partial charge in [0.1, 0.15) is 0 Å². The van der Waals surface area contributed by atoms with Gasteiger partial charge in [0.05, 0.1) is 5.75 Å². The predicted molar refractivity (Wildman–Crippen MR) is 110 cm³/mol. The van der Waals surface area contributed by atoms with Crippen LogP contribution >= 0.6 is 11.8 Å². The van der Waals surface area contributed by atoms with Gasteiger partial charge in [0.2, 0.25) is 5.91 Å². The Morgan fingerprint density at radius 3 is 2.31 bits per heavy atom. The van der Waals surface area contributed by atoms with Gasteiger partial charge in [-0.15, -0.1) is 11.8 Å². The number of amides is 1. The van der Waals surface area contributed by atoms with Gasteiger partial charge in [-0.05, 0) is 43.8 Å². The van der Waals surface area contributed by atoms with Gasteiger partial charge in [0, 0.05) is 43.3 Å². The third-order valence-electron chi connectivity index (χ3n) is 4.69. The number of nitrogens with one attached hydrogen (secondary N) is 1. The molecular formula is C21H27N3OS. The first-order valence-electron chi connectivity index (χ1n) is 9.09. The molecule has 0 atom stereocenters. The molecule has 26 heavy (non-hydrogen) atoms. The van der Waals surface area contributed by atoms with Crippen LogP contribution in [0.3, 0.4) is 0 Å². The molecule has 2 aromatic carbocycles. The minimum Gasteiger partial charge on any atom is -0.369 e. The highest BCUT2D eigenvalue weighted by Crippen LogP contribution is 2.19. The predicted octanol–water partition coefficient (Wildman–Crippen LogP) is 3.16. The highest BCUT2D eigenvalue weighted by atomic mass is 32.2. The number of benzene rings is 2. The van der Waals surface area contributed by atoms with Gasteiger partial charge in [0.15, 0.2) is 0 Å². The highest BCUT2D eigenvalue weighted by Gasteiger charge is 2.14. The van der Waals surface area contributed by atoms with E-state index in [4.69, 9.17) is 0 Å². The number of anilines is 1. The SMILES string of the molecule is Cc1ccc(SCC(=O)NCc2ccc(N3CCN(C)CC3)cc2)cc1. The van der Waals surface area contributed by atoms with Gasteiger partial charge < -0.3 is 15.1 Å². The van der Waals surface area contributed by atoms with E-state index < -0.39 is 0 Å². The quantitative estimate of drug-likeness (QED) is 0.794. The molecule has 1 heterocycles. The third kappa shape index (κ3) is 5.51. The largest absolute Gasteiger partial charge is 0.369 e. The van der Waals surface area contributed by atoms with Crippen molar-refractivity contribution < 1.29 is 4.79 Å². The number of carbonyl (C=O) groups is 1. The van der Waals surface area contributed by atoms with Gasteiger partial charge in [-0.2, -0.15) is 0 Å². The molecule has 1 saturated heterocycles. The zero-order chi connectivity index (χ0) is 18.4. The number of likely N-dealkylation sites (N-methyl/N-ethyl adjacent to an activating group) is 1. The van der Waals surface area contributed by atoms with Crippen molar-refractivity contribution in [3.8, 4) is 0 Å². The van der Waals surface area contributed by atoms with Gasteiger partial charge >= 0.3 is 0 Å². The van der Waals surface area contributed by atoms with E-state index in [2.05, 4.69) is 77.6 Å². The number of rotatable bonds is 6. The Morgan fingerprint density at radius 1 is 1.00 bits per heavy atom. The summed E-state index contributed by atoms with van der Waals surface area (Å²) in [5.41, 5.74) is 3.64. The summed E-state index contributed by atoms with van der Waals surface area (Å²) in [6.45, 7) is 7.00. The molecule has 138 valence electrons. The lowest BCUT2D eigenvalue weighted by Crippen LogP contribution is -2.44. The fourth-order valence-electron chi connectivity index (χ4n) is 2.92. The molecule has 0 aromatic heterocycles. The summed E-state index contributed by atoms with van der Waals surface area (Å²) in [5.74, 6) is 0.515. The van der Waals surface area contributed by atoms with Crippen LogP contribution in [0.25, 0.3) is 0 Å². The molecule has 1 fully saturated rings. The van der Waals surface area contributed by atoms with Crippen molar-refractivity contribution in [2.75, 3.05) is 43.9 Å². The van der Waals surface area contributed by atoms with Crippen molar-refractivity contribution in [1.29, 1.82) is 0 Å². The topological polar surface area (TPSA) is 35.6 Å². The molecule has 5 heteroatoms. The van der Waals surface area contributed by atoms with E-state index in [0.717, 1.165) is 36.6 Å². The van der Waals surface area contributed by atoms with Crippen LogP contribution in [-0.2, 0) is 11.3 Å².